The summed E-state index contributed by atoms with van der Waals surface area (Å²) in [5, 5.41) is 16.5. The summed E-state index contributed by atoms with van der Waals surface area (Å²) in [7, 11) is 0. The van der Waals surface area contributed by atoms with Crippen LogP contribution in [0.5, 0.6) is 0 Å². The van der Waals surface area contributed by atoms with E-state index in [1.807, 2.05) is 48.7 Å². The number of esters is 1. The predicted octanol–water partition coefficient (Wildman–Crippen LogP) is 4.37. The quantitative estimate of drug-likeness (QED) is 0.274. The largest absolute Gasteiger partial charge is 0.461 e. The summed E-state index contributed by atoms with van der Waals surface area (Å²) >= 11 is 1.34. The van der Waals surface area contributed by atoms with Gasteiger partial charge in [0.25, 0.3) is 0 Å². The van der Waals surface area contributed by atoms with Gasteiger partial charge >= 0.3 is 5.97 Å². The number of hydrogen-bond donors (Lipinski definition) is 1. The van der Waals surface area contributed by atoms with Gasteiger partial charge in [-0.25, -0.2) is 9.48 Å². The van der Waals surface area contributed by atoms with Crippen LogP contribution in [0.1, 0.15) is 29.9 Å². The van der Waals surface area contributed by atoms with Crippen molar-refractivity contribution in [1.29, 1.82) is 0 Å². The Balaban J connectivity index is 1.41. The van der Waals surface area contributed by atoms with Crippen molar-refractivity contribution in [3.05, 3.63) is 72.1 Å². The van der Waals surface area contributed by atoms with E-state index in [-0.39, 0.29) is 24.0 Å². The molecule has 0 saturated heterocycles. The molecule has 0 fully saturated rings. The Labute approximate surface area is 207 Å². The van der Waals surface area contributed by atoms with Gasteiger partial charge in [-0.3, -0.25) is 4.79 Å². The number of carbonyl (C=O) groups is 2. The molecule has 180 valence electrons. The van der Waals surface area contributed by atoms with Gasteiger partial charge in [0.2, 0.25) is 5.91 Å². The Kier molecular flexibility index (Phi) is 7.61. The smallest absolute Gasteiger partial charge is 0.358 e. The fourth-order valence-corrected chi connectivity index (χ4v) is 4.32. The van der Waals surface area contributed by atoms with E-state index in [9.17, 15) is 9.59 Å². The molecule has 2 aromatic carbocycles. The van der Waals surface area contributed by atoms with Crippen LogP contribution in [0.2, 0.25) is 0 Å². The van der Waals surface area contributed by atoms with E-state index >= 15 is 0 Å². The van der Waals surface area contributed by atoms with Crippen LogP contribution in [-0.2, 0) is 16.1 Å². The van der Waals surface area contributed by atoms with Crippen LogP contribution in [0.15, 0.2) is 66.0 Å². The fourth-order valence-electron chi connectivity index (χ4n) is 3.51. The summed E-state index contributed by atoms with van der Waals surface area (Å²) in [5.74, 6) is 0.333. The second kappa shape index (κ2) is 11.0. The number of carbonyl (C=O) groups excluding carboxylic acids is 2. The number of hydrogen-bond acceptors (Lipinski definition) is 7. The number of aryl methyl sites for hydroxylation is 1. The average molecular weight is 491 g/mol. The van der Waals surface area contributed by atoms with Crippen molar-refractivity contribution in [3.8, 4) is 17.1 Å². The Bertz CT molecular complexity index is 1350. The lowest BCUT2D eigenvalue weighted by Gasteiger charge is -2.09. The lowest BCUT2D eigenvalue weighted by molar-refractivity contribution is -0.113. The molecule has 0 spiro atoms. The number of ether oxygens (including phenoxy) is 1. The third kappa shape index (κ3) is 5.78. The summed E-state index contributed by atoms with van der Waals surface area (Å²) < 4.78 is 8.55. The predicted molar refractivity (Wildman–Crippen MR) is 135 cm³/mol. The first-order valence-electron chi connectivity index (χ1n) is 11.2. The highest BCUT2D eigenvalue weighted by molar-refractivity contribution is 7.99. The SMILES string of the molecule is CCOC(=O)c1ccn(-c2cccc(NC(=O)CSc3nnc(-c4cccc(C)c4)n3CC)c2)n1. The topological polar surface area (TPSA) is 104 Å². The molecule has 0 aliphatic carbocycles. The number of benzene rings is 2. The van der Waals surface area contributed by atoms with E-state index in [0.717, 1.165) is 17.0 Å². The van der Waals surface area contributed by atoms with Gasteiger partial charge in [0, 0.05) is 24.0 Å². The highest BCUT2D eigenvalue weighted by atomic mass is 32.2. The molecule has 0 atom stereocenters. The van der Waals surface area contributed by atoms with Gasteiger partial charge in [0.1, 0.15) is 0 Å². The molecular formula is C25H26N6O3S. The normalized spacial score (nSPS) is 10.8. The van der Waals surface area contributed by atoms with Crippen molar-refractivity contribution in [2.75, 3.05) is 17.7 Å². The van der Waals surface area contributed by atoms with E-state index < -0.39 is 5.97 Å². The number of aromatic nitrogens is 5. The maximum atomic E-state index is 12.6. The van der Waals surface area contributed by atoms with Gasteiger partial charge < -0.3 is 14.6 Å². The number of amides is 1. The van der Waals surface area contributed by atoms with E-state index in [2.05, 4.69) is 26.7 Å². The fraction of sp³-hybridized carbons (Fsp3) is 0.240. The summed E-state index contributed by atoms with van der Waals surface area (Å²) in [6.07, 6.45) is 1.67. The van der Waals surface area contributed by atoms with Crippen LogP contribution in [0.3, 0.4) is 0 Å². The molecule has 35 heavy (non-hydrogen) atoms. The second-order valence-corrected chi connectivity index (χ2v) is 8.62. The van der Waals surface area contributed by atoms with Gasteiger partial charge in [-0.1, -0.05) is 41.6 Å². The molecule has 0 radical (unpaired) electrons. The Morgan fingerprint density at radius 1 is 1.06 bits per heavy atom. The molecule has 4 rings (SSSR count). The van der Waals surface area contributed by atoms with Crippen LogP contribution >= 0.6 is 11.8 Å². The monoisotopic (exact) mass is 490 g/mol. The Morgan fingerprint density at radius 2 is 1.89 bits per heavy atom. The molecule has 1 N–H and O–H groups in total. The van der Waals surface area contributed by atoms with E-state index in [4.69, 9.17) is 4.74 Å². The number of nitrogens with zero attached hydrogens (tertiary/aromatic N) is 5. The van der Waals surface area contributed by atoms with Gasteiger partial charge in [0.05, 0.1) is 18.0 Å². The van der Waals surface area contributed by atoms with E-state index in [1.165, 1.54) is 11.8 Å². The maximum Gasteiger partial charge on any atom is 0.358 e. The van der Waals surface area contributed by atoms with Gasteiger partial charge in [0.15, 0.2) is 16.7 Å². The molecule has 10 heteroatoms. The molecule has 1 amide bonds. The third-order valence-electron chi connectivity index (χ3n) is 5.11. The minimum atomic E-state index is -0.474. The minimum Gasteiger partial charge on any atom is -0.461 e. The third-order valence-corrected chi connectivity index (χ3v) is 6.08. The molecule has 0 aliphatic rings. The highest BCUT2D eigenvalue weighted by Crippen LogP contribution is 2.25. The number of anilines is 1. The Hall–Kier alpha value is -3.92. The number of rotatable bonds is 9. The first-order chi connectivity index (χ1) is 17.0. The van der Waals surface area contributed by atoms with Crippen LogP contribution < -0.4 is 5.32 Å². The maximum absolute atomic E-state index is 12.6. The van der Waals surface area contributed by atoms with Crippen LogP contribution in [0.4, 0.5) is 5.69 Å². The molecule has 9 nitrogen and oxygen atoms in total. The summed E-state index contributed by atoms with van der Waals surface area (Å²) in [4.78, 5) is 24.5. The minimum absolute atomic E-state index is 0.164. The number of nitrogens with one attached hydrogen (secondary N) is 1. The summed E-state index contributed by atoms with van der Waals surface area (Å²) in [5.41, 5.74) is 3.70. The van der Waals surface area contributed by atoms with E-state index in [1.54, 1.807) is 36.0 Å². The molecule has 0 unspecified atom stereocenters. The van der Waals surface area contributed by atoms with Crippen molar-refractivity contribution >= 4 is 29.3 Å². The van der Waals surface area contributed by atoms with Gasteiger partial charge in [-0.2, -0.15) is 5.10 Å². The van der Waals surface area contributed by atoms with Crippen LogP contribution in [0, 0.1) is 6.92 Å². The summed E-state index contributed by atoms with van der Waals surface area (Å²) in [6, 6.07) is 16.9. The average Bonchev–Trinajstić information content (AvgIpc) is 3.50. The van der Waals surface area contributed by atoms with Gasteiger partial charge in [-0.15, -0.1) is 10.2 Å². The summed E-state index contributed by atoms with van der Waals surface area (Å²) in [6.45, 7) is 6.79. The molecular weight excluding hydrogens is 464 g/mol. The first kappa shape index (κ1) is 24.2. The van der Waals surface area contributed by atoms with Crippen LogP contribution in [0.25, 0.3) is 17.1 Å². The Morgan fingerprint density at radius 3 is 2.66 bits per heavy atom. The van der Waals surface area contributed by atoms with Crippen molar-refractivity contribution in [1.82, 2.24) is 24.5 Å². The molecule has 0 bridgehead atoms. The van der Waals surface area contributed by atoms with Crippen molar-refractivity contribution in [3.63, 3.8) is 0 Å². The molecule has 2 heterocycles. The lowest BCUT2D eigenvalue weighted by atomic mass is 10.1. The van der Waals surface area contributed by atoms with Crippen LogP contribution in [-0.4, -0.2) is 48.8 Å². The number of thioether (sulfide) groups is 1. The molecule has 0 saturated carbocycles. The first-order valence-corrected chi connectivity index (χ1v) is 12.2. The molecule has 2 aromatic heterocycles. The second-order valence-electron chi connectivity index (χ2n) is 7.67. The lowest BCUT2D eigenvalue weighted by Crippen LogP contribution is -2.15. The zero-order chi connectivity index (χ0) is 24.8. The molecule has 0 aliphatic heterocycles. The molecule has 4 aromatic rings. The zero-order valence-electron chi connectivity index (χ0n) is 19.8. The zero-order valence-corrected chi connectivity index (χ0v) is 20.6. The van der Waals surface area contributed by atoms with Crippen molar-refractivity contribution in [2.45, 2.75) is 32.5 Å². The highest BCUT2D eigenvalue weighted by Gasteiger charge is 2.15. The van der Waals surface area contributed by atoms with Crippen molar-refractivity contribution in [2.24, 2.45) is 0 Å². The standard InChI is InChI=1S/C25H26N6O3S/c1-4-30-23(18-9-6-8-17(3)14-18)27-28-25(30)35-16-22(32)26-19-10-7-11-20(15-19)31-13-12-21(29-31)24(33)34-5-2/h6-15H,4-5,16H2,1-3H3,(H,26,32). The van der Waals surface area contributed by atoms with Gasteiger partial charge in [-0.05, 0) is 51.1 Å². The van der Waals surface area contributed by atoms with E-state index in [0.29, 0.717) is 23.1 Å². The van der Waals surface area contributed by atoms with Crippen molar-refractivity contribution < 1.29 is 14.3 Å².